The molecule has 1 atom stereocenters. The van der Waals surface area contributed by atoms with Crippen molar-refractivity contribution >= 4 is 34.6 Å². The lowest BCUT2D eigenvalue weighted by molar-refractivity contribution is 0.151. The van der Waals surface area contributed by atoms with Gasteiger partial charge in [-0.25, -0.2) is 0 Å². The van der Waals surface area contributed by atoms with E-state index < -0.39 is 0 Å². The summed E-state index contributed by atoms with van der Waals surface area (Å²) in [6.45, 7) is 3.68. The Bertz CT molecular complexity index is 923. The van der Waals surface area contributed by atoms with E-state index in [0.717, 1.165) is 42.0 Å². The molecule has 5 heteroatoms. The van der Waals surface area contributed by atoms with E-state index in [0.29, 0.717) is 0 Å². The van der Waals surface area contributed by atoms with Crippen molar-refractivity contribution in [3.8, 4) is 0 Å². The van der Waals surface area contributed by atoms with E-state index in [9.17, 15) is 0 Å². The maximum atomic E-state index is 6.13. The van der Waals surface area contributed by atoms with E-state index in [1.165, 1.54) is 11.1 Å². The summed E-state index contributed by atoms with van der Waals surface area (Å²) in [5, 5.41) is 4.91. The first-order valence-electron chi connectivity index (χ1n) is 9.86. The number of thiocarbonyl (C=S) groups is 1. The minimum atomic E-state index is 0.214. The van der Waals surface area contributed by atoms with Gasteiger partial charge in [0.25, 0.3) is 0 Å². The smallest absolute Gasteiger partial charge is 0.173 e. The molecule has 148 valence electrons. The zero-order valence-corrected chi connectivity index (χ0v) is 17.7. The second kappa shape index (κ2) is 9.40. The molecule has 3 aromatic rings. The summed E-state index contributed by atoms with van der Waals surface area (Å²) in [7, 11) is 0. The Hall–Kier alpha value is -2.40. The van der Waals surface area contributed by atoms with Gasteiger partial charge >= 0.3 is 0 Å². The van der Waals surface area contributed by atoms with Crippen LogP contribution in [0.4, 0.5) is 5.69 Å². The SMILES string of the molecule is S=C(Nc1ccccc1)N1CCN(C(c2ccccc2)c2ccc(Cl)cc2)CC1. The summed E-state index contributed by atoms with van der Waals surface area (Å²) in [6, 6.07) is 29.2. The molecule has 0 spiro atoms. The van der Waals surface area contributed by atoms with Crippen LogP contribution in [0.5, 0.6) is 0 Å². The highest BCUT2D eigenvalue weighted by Crippen LogP contribution is 2.30. The van der Waals surface area contributed by atoms with Crippen molar-refractivity contribution in [2.24, 2.45) is 0 Å². The Balaban J connectivity index is 1.47. The first-order valence-corrected chi connectivity index (χ1v) is 10.6. The highest BCUT2D eigenvalue weighted by atomic mass is 35.5. The maximum absolute atomic E-state index is 6.13. The standard InChI is InChI=1S/C24H24ClN3S/c25-21-13-11-20(12-14-21)23(19-7-3-1-4-8-19)27-15-17-28(18-16-27)24(29)26-22-9-5-2-6-10-22/h1-14,23H,15-18H2,(H,26,29). The number of halogens is 1. The molecule has 0 saturated carbocycles. The molecule has 0 aliphatic carbocycles. The summed E-state index contributed by atoms with van der Waals surface area (Å²) in [6.07, 6.45) is 0. The van der Waals surface area contributed by atoms with Gasteiger partial charge in [-0.3, -0.25) is 4.90 Å². The molecular weight excluding hydrogens is 398 g/mol. The highest BCUT2D eigenvalue weighted by molar-refractivity contribution is 7.80. The Labute approximate surface area is 182 Å². The first-order chi connectivity index (χ1) is 14.2. The molecule has 3 nitrogen and oxygen atoms in total. The fourth-order valence-corrected chi connectivity index (χ4v) is 4.23. The summed E-state index contributed by atoms with van der Waals surface area (Å²) in [4.78, 5) is 4.78. The van der Waals surface area contributed by atoms with Crippen LogP contribution in [0.1, 0.15) is 17.2 Å². The minimum absolute atomic E-state index is 0.214. The number of para-hydroxylation sites is 1. The van der Waals surface area contributed by atoms with E-state index in [-0.39, 0.29) is 6.04 Å². The number of piperazine rings is 1. The van der Waals surface area contributed by atoms with Gasteiger partial charge in [-0.1, -0.05) is 72.3 Å². The molecule has 1 N–H and O–H groups in total. The van der Waals surface area contributed by atoms with Gasteiger partial charge in [0, 0.05) is 36.9 Å². The van der Waals surface area contributed by atoms with Crippen LogP contribution in [0.2, 0.25) is 5.02 Å². The molecule has 1 aliphatic heterocycles. The minimum Gasteiger partial charge on any atom is -0.346 e. The van der Waals surface area contributed by atoms with E-state index >= 15 is 0 Å². The van der Waals surface area contributed by atoms with Crippen molar-refractivity contribution in [3.05, 3.63) is 101 Å². The van der Waals surface area contributed by atoms with E-state index in [4.69, 9.17) is 23.8 Å². The van der Waals surface area contributed by atoms with Gasteiger partial charge in [-0.05, 0) is 47.6 Å². The van der Waals surface area contributed by atoms with E-state index in [1.54, 1.807) is 0 Å². The van der Waals surface area contributed by atoms with Crippen LogP contribution in [-0.2, 0) is 0 Å². The second-order valence-electron chi connectivity index (χ2n) is 7.18. The molecule has 1 heterocycles. The van der Waals surface area contributed by atoms with Gasteiger partial charge in [0.2, 0.25) is 0 Å². The molecule has 1 unspecified atom stereocenters. The number of anilines is 1. The molecule has 0 radical (unpaired) electrons. The molecule has 0 aromatic heterocycles. The van der Waals surface area contributed by atoms with Crippen LogP contribution in [0, 0.1) is 0 Å². The summed E-state index contributed by atoms with van der Waals surface area (Å²) >= 11 is 11.8. The molecule has 1 saturated heterocycles. The third kappa shape index (κ3) is 4.96. The molecule has 29 heavy (non-hydrogen) atoms. The number of nitrogens with one attached hydrogen (secondary N) is 1. The maximum Gasteiger partial charge on any atom is 0.173 e. The van der Waals surface area contributed by atoms with Gasteiger partial charge in [-0.2, -0.15) is 0 Å². The second-order valence-corrected chi connectivity index (χ2v) is 8.01. The third-order valence-electron chi connectivity index (χ3n) is 5.29. The number of benzene rings is 3. The lowest BCUT2D eigenvalue weighted by Crippen LogP contribution is -2.50. The fraction of sp³-hybridized carbons (Fsp3) is 0.208. The van der Waals surface area contributed by atoms with Crippen molar-refractivity contribution in [2.75, 3.05) is 31.5 Å². The normalized spacial score (nSPS) is 15.7. The predicted octanol–water partition coefficient (Wildman–Crippen LogP) is 5.44. The number of rotatable bonds is 4. The highest BCUT2D eigenvalue weighted by Gasteiger charge is 2.27. The number of hydrogen-bond donors (Lipinski definition) is 1. The van der Waals surface area contributed by atoms with Crippen molar-refractivity contribution < 1.29 is 0 Å². The number of hydrogen-bond acceptors (Lipinski definition) is 2. The van der Waals surface area contributed by atoms with Crippen LogP contribution in [0.3, 0.4) is 0 Å². The molecular formula is C24H24ClN3S. The van der Waals surface area contributed by atoms with Crippen LogP contribution in [-0.4, -0.2) is 41.1 Å². The average molecular weight is 422 g/mol. The van der Waals surface area contributed by atoms with E-state index in [1.807, 2.05) is 42.5 Å². The molecule has 1 aliphatic rings. The lowest BCUT2D eigenvalue weighted by atomic mass is 9.96. The molecule has 4 rings (SSSR count). The van der Waals surface area contributed by atoms with Crippen molar-refractivity contribution in [1.29, 1.82) is 0 Å². The molecule has 3 aromatic carbocycles. The van der Waals surface area contributed by atoms with Gasteiger partial charge in [0.05, 0.1) is 6.04 Å². The van der Waals surface area contributed by atoms with Gasteiger partial charge in [-0.15, -0.1) is 0 Å². The van der Waals surface area contributed by atoms with Gasteiger partial charge < -0.3 is 10.2 Å². The molecule has 0 amide bonds. The molecule has 1 fully saturated rings. The zero-order chi connectivity index (χ0) is 20.1. The van der Waals surface area contributed by atoms with Crippen molar-refractivity contribution in [2.45, 2.75) is 6.04 Å². The lowest BCUT2D eigenvalue weighted by Gasteiger charge is -2.40. The van der Waals surface area contributed by atoms with Crippen LogP contribution in [0.15, 0.2) is 84.9 Å². The first kappa shape index (κ1) is 19.9. The topological polar surface area (TPSA) is 18.5 Å². The zero-order valence-electron chi connectivity index (χ0n) is 16.2. The largest absolute Gasteiger partial charge is 0.346 e. The van der Waals surface area contributed by atoms with Crippen LogP contribution >= 0.6 is 23.8 Å². The van der Waals surface area contributed by atoms with E-state index in [2.05, 4.69) is 57.6 Å². The van der Waals surface area contributed by atoms with Crippen LogP contribution < -0.4 is 5.32 Å². The number of nitrogens with zero attached hydrogens (tertiary/aromatic N) is 2. The molecule has 0 bridgehead atoms. The summed E-state index contributed by atoms with van der Waals surface area (Å²) < 4.78 is 0. The Morgan fingerprint density at radius 3 is 1.93 bits per heavy atom. The fourth-order valence-electron chi connectivity index (χ4n) is 3.80. The quantitative estimate of drug-likeness (QED) is 0.565. The third-order valence-corrected chi connectivity index (χ3v) is 5.90. The Kier molecular flexibility index (Phi) is 6.45. The summed E-state index contributed by atoms with van der Waals surface area (Å²) in [5.41, 5.74) is 3.59. The van der Waals surface area contributed by atoms with Gasteiger partial charge in [0.1, 0.15) is 0 Å². The Morgan fingerprint density at radius 2 is 1.31 bits per heavy atom. The summed E-state index contributed by atoms with van der Waals surface area (Å²) in [5.74, 6) is 0. The van der Waals surface area contributed by atoms with Crippen molar-refractivity contribution in [1.82, 2.24) is 9.80 Å². The van der Waals surface area contributed by atoms with Crippen molar-refractivity contribution in [3.63, 3.8) is 0 Å². The monoisotopic (exact) mass is 421 g/mol. The Morgan fingerprint density at radius 1 is 0.759 bits per heavy atom. The predicted molar refractivity (Wildman–Crippen MR) is 126 cm³/mol. The van der Waals surface area contributed by atoms with Gasteiger partial charge in [0.15, 0.2) is 5.11 Å². The van der Waals surface area contributed by atoms with Crippen LogP contribution in [0.25, 0.3) is 0 Å². The average Bonchev–Trinajstić information content (AvgIpc) is 2.77.